The van der Waals surface area contributed by atoms with Crippen molar-refractivity contribution < 1.29 is 14.7 Å². The molecule has 2 aromatic rings. The van der Waals surface area contributed by atoms with E-state index in [1.807, 2.05) is 0 Å². The first kappa shape index (κ1) is 10.9. The first-order valence-corrected chi connectivity index (χ1v) is 4.77. The highest BCUT2D eigenvalue weighted by molar-refractivity contribution is 5.92. The SMILES string of the molecule is NC(=O)c1ccc(-n2ccc(C(=O)O)n2)cc1. The number of hydrogen-bond acceptors (Lipinski definition) is 3. The lowest BCUT2D eigenvalue weighted by Gasteiger charge is -2.01. The summed E-state index contributed by atoms with van der Waals surface area (Å²) >= 11 is 0. The Balaban J connectivity index is 2.33. The molecule has 0 aliphatic heterocycles. The Bertz CT molecular complexity index is 572. The molecule has 3 N–H and O–H groups in total. The molecule has 0 radical (unpaired) electrons. The summed E-state index contributed by atoms with van der Waals surface area (Å²) < 4.78 is 1.41. The predicted octanol–water partition coefficient (Wildman–Crippen LogP) is 0.669. The second kappa shape index (κ2) is 4.09. The van der Waals surface area contributed by atoms with Crippen molar-refractivity contribution in [2.24, 2.45) is 5.73 Å². The van der Waals surface area contributed by atoms with Crippen molar-refractivity contribution in [2.45, 2.75) is 0 Å². The number of carbonyl (C=O) groups is 2. The number of benzene rings is 1. The van der Waals surface area contributed by atoms with Crippen LogP contribution in [0.5, 0.6) is 0 Å². The number of nitrogens with zero attached hydrogens (tertiary/aromatic N) is 2. The molecule has 0 saturated heterocycles. The van der Waals surface area contributed by atoms with Crippen molar-refractivity contribution in [3.63, 3.8) is 0 Å². The van der Waals surface area contributed by atoms with Crippen LogP contribution in [0.3, 0.4) is 0 Å². The Morgan fingerprint density at radius 3 is 2.29 bits per heavy atom. The summed E-state index contributed by atoms with van der Waals surface area (Å²) in [5, 5.41) is 12.6. The minimum absolute atomic E-state index is 0.0380. The van der Waals surface area contributed by atoms with Crippen molar-refractivity contribution in [1.82, 2.24) is 9.78 Å². The third kappa shape index (κ3) is 2.15. The van der Waals surface area contributed by atoms with Crippen LogP contribution in [0.1, 0.15) is 20.8 Å². The molecule has 0 unspecified atom stereocenters. The van der Waals surface area contributed by atoms with Gasteiger partial charge in [-0.3, -0.25) is 4.79 Å². The maximum Gasteiger partial charge on any atom is 0.356 e. The minimum atomic E-state index is -1.09. The van der Waals surface area contributed by atoms with Gasteiger partial charge in [0.2, 0.25) is 5.91 Å². The number of carboxylic acid groups (broad SMARTS) is 1. The van der Waals surface area contributed by atoms with Crippen LogP contribution in [-0.4, -0.2) is 26.8 Å². The highest BCUT2D eigenvalue weighted by Crippen LogP contribution is 2.09. The third-order valence-corrected chi connectivity index (χ3v) is 2.22. The van der Waals surface area contributed by atoms with E-state index in [9.17, 15) is 9.59 Å². The highest BCUT2D eigenvalue weighted by atomic mass is 16.4. The number of carboxylic acids is 1. The van der Waals surface area contributed by atoms with Crippen molar-refractivity contribution in [3.8, 4) is 5.69 Å². The van der Waals surface area contributed by atoms with Gasteiger partial charge >= 0.3 is 5.97 Å². The molecule has 0 aliphatic carbocycles. The molecular weight excluding hydrogens is 222 g/mol. The Kier molecular flexibility index (Phi) is 2.61. The van der Waals surface area contributed by atoms with Gasteiger partial charge in [-0.15, -0.1) is 0 Å². The standard InChI is InChI=1S/C11H9N3O3/c12-10(15)7-1-3-8(4-2-7)14-6-5-9(13-14)11(16)17/h1-6H,(H2,12,15)(H,16,17). The summed E-state index contributed by atoms with van der Waals surface area (Å²) in [4.78, 5) is 21.5. The summed E-state index contributed by atoms with van der Waals surface area (Å²) in [6.07, 6.45) is 1.53. The second-order valence-electron chi connectivity index (χ2n) is 3.36. The smallest absolute Gasteiger partial charge is 0.356 e. The lowest BCUT2D eigenvalue weighted by Crippen LogP contribution is -2.10. The highest BCUT2D eigenvalue weighted by Gasteiger charge is 2.08. The molecule has 0 fully saturated rings. The van der Waals surface area contributed by atoms with Crippen LogP contribution in [0.2, 0.25) is 0 Å². The van der Waals surface area contributed by atoms with Gasteiger partial charge in [-0.25, -0.2) is 9.48 Å². The van der Waals surface area contributed by atoms with Gasteiger partial charge in [0.1, 0.15) is 0 Å². The van der Waals surface area contributed by atoms with Gasteiger partial charge < -0.3 is 10.8 Å². The Hall–Kier alpha value is -2.63. The van der Waals surface area contributed by atoms with E-state index in [4.69, 9.17) is 10.8 Å². The third-order valence-electron chi connectivity index (χ3n) is 2.22. The summed E-state index contributed by atoms with van der Waals surface area (Å²) in [5.41, 5.74) is 6.11. The molecule has 6 nitrogen and oxygen atoms in total. The van der Waals surface area contributed by atoms with E-state index in [2.05, 4.69) is 5.10 Å². The lowest BCUT2D eigenvalue weighted by molar-refractivity contribution is 0.0689. The predicted molar refractivity (Wildman–Crippen MR) is 59.0 cm³/mol. The molecule has 0 bridgehead atoms. The van der Waals surface area contributed by atoms with Gasteiger partial charge in [0.15, 0.2) is 5.69 Å². The van der Waals surface area contributed by atoms with Gasteiger partial charge in [0, 0.05) is 11.8 Å². The van der Waals surface area contributed by atoms with Crippen LogP contribution < -0.4 is 5.73 Å². The fourth-order valence-corrected chi connectivity index (χ4v) is 1.36. The molecule has 1 aromatic carbocycles. The van der Waals surface area contributed by atoms with Crippen molar-refractivity contribution >= 4 is 11.9 Å². The molecule has 0 atom stereocenters. The molecule has 2 rings (SSSR count). The monoisotopic (exact) mass is 231 g/mol. The number of aromatic nitrogens is 2. The molecule has 86 valence electrons. The van der Waals surface area contributed by atoms with Crippen molar-refractivity contribution in [1.29, 1.82) is 0 Å². The zero-order valence-electron chi connectivity index (χ0n) is 8.70. The van der Waals surface area contributed by atoms with Gasteiger partial charge in [-0.2, -0.15) is 5.10 Å². The number of carbonyl (C=O) groups excluding carboxylic acids is 1. The fourth-order valence-electron chi connectivity index (χ4n) is 1.36. The van der Waals surface area contributed by atoms with Gasteiger partial charge in [0.25, 0.3) is 0 Å². The van der Waals surface area contributed by atoms with E-state index < -0.39 is 11.9 Å². The topological polar surface area (TPSA) is 98.2 Å². The van der Waals surface area contributed by atoms with Gasteiger partial charge in [0.05, 0.1) is 5.69 Å². The van der Waals surface area contributed by atoms with E-state index in [1.54, 1.807) is 24.3 Å². The van der Waals surface area contributed by atoms with Gasteiger partial charge in [-0.1, -0.05) is 0 Å². The molecular formula is C11H9N3O3. The summed E-state index contributed by atoms with van der Waals surface area (Å²) in [7, 11) is 0. The van der Waals surface area contributed by atoms with Crippen LogP contribution in [0.4, 0.5) is 0 Å². The molecule has 0 spiro atoms. The summed E-state index contributed by atoms with van der Waals surface area (Å²) in [6, 6.07) is 7.78. The van der Waals surface area contributed by atoms with E-state index >= 15 is 0 Å². The number of amides is 1. The molecule has 1 aromatic heterocycles. The quantitative estimate of drug-likeness (QED) is 0.810. The summed E-state index contributed by atoms with van der Waals surface area (Å²) in [6.45, 7) is 0. The van der Waals surface area contributed by atoms with Crippen molar-refractivity contribution in [3.05, 3.63) is 47.8 Å². The molecule has 0 aliphatic rings. The number of primary amides is 1. The van der Waals surface area contributed by atoms with E-state index in [-0.39, 0.29) is 5.69 Å². The average Bonchev–Trinajstić information content (AvgIpc) is 2.78. The van der Waals surface area contributed by atoms with E-state index in [0.29, 0.717) is 11.3 Å². The van der Waals surface area contributed by atoms with Crippen LogP contribution >= 0.6 is 0 Å². The Labute approximate surface area is 96.3 Å². The first-order valence-electron chi connectivity index (χ1n) is 4.77. The van der Waals surface area contributed by atoms with Crippen LogP contribution in [0, 0.1) is 0 Å². The second-order valence-corrected chi connectivity index (χ2v) is 3.36. The molecule has 1 heterocycles. The first-order chi connectivity index (χ1) is 8.08. The maximum absolute atomic E-state index is 10.9. The molecule has 0 saturated carbocycles. The molecule has 6 heteroatoms. The zero-order chi connectivity index (χ0) is 12.4. The van der Waals surface area contributed by atoms with Crippen LogP contribution in [0.25, 0.3) is 5.69 Å². The lowest BCUT2D eigenvalue weighted by atomic mass is 10.2. The molecule has 1 amide bonds. The van der Waals surface area contributed by atoms with E-state index in [0.717, 1.165) is 0 Å². The normalized spacial score (nSPS) is 10.1. The van der Waals surface area contributed by atoms with Crippen LogP contribution in [0.15, 0.2) is 36.5 Å². The van der Waals surface area contributed by atoms with Crippen LogP contribution in [-0.2, 0) is 0 Å². The Morgan fingerprint density at radius 1 is 1.18 bits per heavy atom. The average molecular weight is 231 g/mol. The summed E-state index contributed by atoms with van der Waals surface area (Å²) in [5.74, 6) is -1.60. The number of rotatable bonds is 3. The maximum atomic E-state index is 10.9. The largest absolute Gasteiger partial charge is 0.476 e. The van der Waals surface area contributed by atoms with Crippen molar-refractivity contribution in [2.75, 3.05) is 0 Å². The molecule has 17 heavy (non-hydrogen) atoms. The Morgan fingerprint density at radius 2 is 1.82 bits per heavy atom. The number of aromatic carboxylic acids is 1. The van der Waals surface area contributed by atoms with E-state index in [1.165, 1.54) is 16.9 Å². The number of hydrogen-bond donors (Lipinski definition) is 2. The van der Waals surface area contributed by atoms with Gasteiger partial charge in [-0.05, 0) is 30.3 Å². The fraction of sp³-hybridized carbons (Fsp3) is 0. The minimum Gasteiger partial charge on any atom is -0.476 e. The number of nitrogens with two attached hydrogens (primary N) is 1. The zero-order valence-corrected chi connectivity index (χ0v) is 8.70.